The lowest BCUT2D eigenvalue weighted by Crippen LogP contribution is -2.14. The van der Waals surface area contributed by atoms with Gasteiger partial charge in [-0.3, -0.25) is 4.79 Å². The zero-order valence-electron chi connectivity index (χ0n) is 10.3. The predicted molar refractivity (Wildman–Crippen MR) is 63.1 cm³/mol. The smallest absolute Gasteiger partial charge is 0.315 e. The van der Waals surface area contributed by atoms with Crippen molar-refractivity contribution >= 4 is 5.97 Å². The van der Waals surface area contributed by atoms with Gasteiger partial charge in [-0.25, -0.2) is 0 Å². The van der Waals surface area contributed by atoms with E-state index >= 15 is 0 Å². The zero-order chi connectivity index (χ0) is 12.0. The topological polar surface area (TPSA) is 26.3 Å². The number of esters is 1. The van der Waals surface area contributed by atoms with Gasteiger partial charge in [-0.05, 0) is 23.0 Å². The van der Waals surface area contributed by atoms with Crippen LogP contribution in [0.5, 0.6) is 5.75 Å². The first-order chi connectivity index (χ1) is 7.37. The Kier molecular flexibility index (Phi) is 2.33. The number of benzene rings is 1. The molecule has 16 heavy (non-hydrogen) atoms. The van der Waals surface area contributed by atoms with Crippen molar-refractivity contribution in [3.8, 4) is 5.75 Å². The van der Waals surface area contributed by atoms with Crippen LogP contribution in [0.1, 0.15) is 27.7 Å². The molecular formula is C14H18O2. The number of carbonyl (C=O) groups is 1. The summed E-state index contributed by atoms with van der Waals surface area (Å²) in [5, 5.41) is 0. The third kappa shape index (κ3) is 1.53. The van der Waals surface area contributed by atoms with Gasteiger partial charge in [-0.1, -0.05) is 45.9 Å². The number of para-hydroxylation sites is 1. The molecule has 0 N–H and O–H groups in total. The van der Waals surface area contributed by atoms with Gasteiger partial charge >= 0.3 is 5.97 Å². The first-order valence-corrected chi connectivity index (χ1v) is 5.64. The fourth-order valence-corrected chi connectivity index (χ4v) is 2.45. The van der Waals surface area contributed by atoms with Crippen LogP contribution in [0.25, 0.3) is 0 Å². The monoisotopic (exact) mass is 218 g/mol. The summed E-state index contributed by atoms with van der Waals surface area (Å²) >= 11 is 0. The highest BCUT2D eigenvalue weighted by atomic mass is 16.5. The van der Waals surface area contributed by atoms with E-state index in [1.807, 2.05) is 18.2 Å². The first kappa shape index (κ1) is 11.2. The van der Waals surface area contributed by atoms with Crippen LogP contribution in [0.3, 0.4) is 0 Å². The third-order valence-corrected chi connectivity index (χ3v) is 4.22. The molecule has 0 saturated heterocycles. The molecule has 0 radical (unpaired) electrons. The molecule has 0 amide bonds. The highest BCUT2D eigenvalue weighted by molar-refractivity contribution is 5.80. The zero-order valence-corrected chi connectivity index (χ0v) is 10.3. The maximum absolute atomic E-state index is 12.0. The molecule has 2 nitrogen and oxygen atoms in total. The van der Waals surface area contributed by atoms with E-state index in [2.05, 4.69) is 27.7 Å². The second-order valence-corrected chi connectivity index (χ2v) is 5.61. The minimum atomic E-state index is -0.110. The van der Waals surface area contributed by atoms with Crippen LogP contribution in [0, 0.1) is 16.7 Å². The molecule has 1 aromatic carbocycles. The fourth-order valence-electron chi connectivity index (χ4n) is 2.45. The Morgan fingerprint density at radius 3 is 2.00 bits per heavy atom. The third-order valence-electron chi connectivity index (χ3n) is 4.22. The Bertz CT molecular complexity index is 390. The SMILES string of the molecule is CC1(C)C(C(=O)Oc2ccccc2)C1(C)C. The molecular weight excluding hydrogens is 200 g/mol. The number of hydrogen-bond acceptors (Lipinski definition) is 2. The summed E-state index contributed by atoms with van der Waals surface area (Å²) in [6.07, 6.45) is 0. The number of ether oxygens (including phenoxy) is 1. The predicted octanol–water partition coefficient (Wildman–Crippen LogP) is 3.27. The summed E-state index contributed by atoms with van der Waals surface area (Å²) < 4.78 is 5.37. The molecule has 2 heteroatoms. The summed E-state index contributed by atoms with van der Waals surface area (Å²) in [5.74, 6) is 0.521. The standard InChI is InChI=1S/C14H18O2/c1-13(2)11(14(13,3)4)12(15)16-10-8-6-5-7-9-10/h5-9,11H,1-4H3. The molecule has 1 aromatic rings. The minimum Gasteiger partial charge on any atom is -0.426 e. The highest BCUT2D eigenvalue weighted by Gasteiger charge is 2.69. The van der Waals surface area contributed by atoms with Crippen LogP contribution in [-0.2, 0) is 4.79 Å². The van der Waals surface area contributed by atoms with Crippen LogP contribution in [0.4, 0.5) is 0 Å². The molecule has 0 heterocycles. The van der Waals surface area contributed by atoms with Crippen molar-refractivity contribution in [2.45, 2.75) is 27.7 Å². The maximum Gasteiger partial charge on any atom is 0.315 e. The van der Waals surface area contributed by atoms with E-state index < -0.39 is 0 Å². The summed E-state index contributed by atoms with van der Waals surface area (Å²) in [6, 6.07) is 9.25. The quantitative estimate of drug-likeness (QED) is 0.562. The van der Waals surface area contributed by atoms with Gasteiger partial charge in [0.05, 0.1) is 5.92 Å². The van der Waals surface area contributed by atoms with Crippen molar-refractivity contribution in [3.63, 3.8) is 0 Å². The summed E-state index contributed by atoms with van der Waals surface area (Å²) in [4.78, 5) is 12.0. The van der Waals surface area contributed by atoms with E-state index in [0.717, 1.165) is 0 Å². The van der Waals surface area contributed by atoms with E-state index in [9.17, 15) is 4.79 Å². The molecule has 1 fully saturated rings. The molecule has 0 unspecified atom stereocenters. The first-order valence-electron chi connectivity index (χ1n) is 5.64. The summed E-state index contributed by atoms with van der Waals surface area (Å²) in [5.41, 5.74) is 0.0811. The Morgan fingerprint density at radius 2 is 1.56 bits per heavy atom. The Morgan fingerprint density at radius 1 is 1.06 bits per heavy atom. The minimum absolute atomic E-state index is 0.000191. The van der Waals surface area contributed by atoms with Crippen molar-refractivity contribution in [2.75, 3.05) is 0 Å². The van der Waals surface area contributed by atoms with Crippen molar-refractivity contribution in [2.24, 2.45) is 16.7 Å². The second kappa shape index (κ2) is 3.34. The lowest BCUT2D eigenvalue weighted by molar-refractivity contribution is -0.137. The van der Waals surface area contributed by atoms with Gasteiger partial charge in [0.25, 0.3) is 0 Å². The maximum atomic E-state index is 12.0. The van der Waals surface area contributed by atoms with Crippen LogP contribution in [0.2, 0.25) is 0 Å². The van der Waals surface area contributed by atoms with E-state index in [1.165, 1.54) is 0 Å². The molecule has 0 spiro atoms. The lowest BCUT2D eigenvalue weighted by atomic mass is 10.0. The Balaban J connectivity index is 2.07. The molecule has 0 atom stereocenters. The highest BCUT2D eigenvalue weighted by Crippen LogP contribution is 2.68. The van der Waals surface area contributed by atoms with Crippen molar-refractivity contribution < 1.29 is 9.53 Å². The number of rotatable bonds is 2. The van der Waals surface area contributed by atoms with Gasteiger partial charge in [-0.2, -0.15) is 0 Å². The van der Waals surface area contributed by atoms with Crippen LogP contribution in [0.15, 0.2) is 30.3 Å². The summed E-state index contributed by atoms with van der Waals surface area (Å²) in [6.45, 7) is 8.46. The second-order valence-electron chi connectivity index (χ2n) is 5.61. The molecule has 1 aliphatic rings. The lowest BCUT2D eigenvalue weighted by Gasteiger charge is -2.04. The van der Waals surface area contributed by atoms with Crippen molar-refractivity contribution in [1.29, 1.82) is 0 Å². The Hall–Kier alpha value is -1.31. The summed E-state index contributed by atoms with van der Waals surface area (Å²) in [7, 11) is 0. The van der Waals surface area contributed by atoms with Gasteiger partial charge in [-0.15, -0.1) is 0 Å². The molecule has 1 aliphatic carbocycles. The van der Waals surface area contributed by atoms with Crippen molar-refractivity contribution in [3.05, 3.63) is 30.3 Å². The van der Waals surface area contributed by atoms with Crippen LogP contribution >= 0.6 is 0 Å². The van der Waals surface area contributed by atoms with E-state index in [0.29, 0.717) is 5.75 Å². The molecule has 2 rings (SSSR count). The van der Waals surface area contributed by atoms with Crippen LogP contribution in [-0.4, -0.2) is 5.97 Å². The van der Waals surface area contributed by atoms with E-state index in [-0.39, 0.29) is 22.7 Å². The average molecular weight is 218 g/mol. The van der Waals surface area contributed by atoms with E-state index in [4.69, 9.17) is 4.74 Å². The fraction of sp³-hybridized carbons (Fsp3) is 0.500. The van der Waals surface area contributed by atoms with Gasteiger partial charge in [0.1, 0.15) is 5.75 Å². The van der Waals surface area contributed by atoms with Gasteiger partial charge in [0.15, 0.2) is 0 Å². The van der Waals surface area contributed by atoms with Crippen LogP contribution < -0.4 is 4.74 Å². The molecule has 0 aliphatic heterocycles. The van der Waals surface area contributed by atoms with Crippen molar-refractivity contribution in [1.82, 2.24) is 0 Å². The normalized spacial score (nSPS) is 21.5. The Labute approximate surface area is 96.6 Å². The molecule has 0 bridgehead atoms. The molecule has 0 aromatic heterocycles. The molecule has 86 valence electrons. The molecule has 1 saturated carbocycles. The number of carbonyl (C=O) groups excluding carboxylic acids is 1. The van der Waals surface area contributed by atoms with Gasteiger partial charge in [0, 0.05) is 0 Å². The number of hydrogen-bond donors (Lipinski definition) is 0. The van der Waals surface area contributed by atoms with E-state index in [1.54, 1.807) is 12.1 Å². The van der Waals surface area contributed by atoms with Gasteiger partial charge < -0.3 is 4.74 Å². The average Bonchev–Trinajstić information content (AvgIpc) is 2.58. The van der Waals surface area contributed by atoms with Gasteiger partial charge in [0.2, 0.25) is 0 Å². The largest absolute Gasteiger partial charge is 0.426 e.